The van der Waals surface area contributed by atoms with Gasteiger partial charge in [0, 0.05) is 42.1 Å². The van der Waals surface area contributed by atoms with Gasteiger partial charge in [0.1, 0.15) is 17.2 Å². The summed E-state index contributed by atoms with van der Waals surface area (Å²) in [7, 11) is 0. The van der Waals surface area contributed by atoms with Crippen molar-refractivity contribution in [1.29, 1.82) is 0 Å². The monoisotopic (exact) mass is 599 g/mol. The fourth-order valence-corrected chi connectivity index (χ4v) is 7.14. The van der Waals surface area contributed by atoms with Crippen LogP contribution in [0.15, 0.2) is 103 Å². The van der Waals surface area contributed by atoms with Crippen molar-refractivity contribution >= 4 is 40.9 Å². The lowest BCUT2D eigenvalue weighted by atomic mass is 9.62. The van der Waals surface area contributed by atoms with Gasteiger partial charge in [-0.05, 0) is 53.1 Å². The summed E-state index contributed by atoms with van der Waals surface area (Å²) >= 11 is 0. The Balaban J connectivity index is 1.48. The number of ether oxygens (including phenoxy) is 1. The van der Waals surface area contributed by atoms with E-state index in [4.69, 9.17) is 4.74 Å². The lowest BCUT2D eigenvalue weighted by Gasteiger charge is -2.38. The van der Waals surface area contributed by atoms with Gasteiger partial charge in [-0.15, -0.1) is 0 Å². The van der Waals surface area contributed by atoms with Crippen molar-refractivity contribution in [2.45, 2.75) is 24.4 Å². The van der Waals surface area contributed by atoms with E-state index >= 15 is 0 Å². The topological polar surface area (TPSA) is 136 Å². The first-order chi connectivity index (χ1) is 21.7. The zero-order valence-electron chi connectivity index (χ0n) is 23.9. The number of carbonyl (C=O) groups is 4. The van der Waals surface area contributed by atoms with Crippen LogP contribution >= 0.6 is 0 Å². The standard InChI is InChI=1S/C35H25N3O7/c1-20(39)45-25-15-13-22(14-16-25)32(41)30-29(31(40)23-8-6-9-24(19-23)38(43)44)35(27-11-4-5-12-28(27)36-34(35)42)33-26-10-3-2-7-21(26)17-18-37(30)33/h2-19,29-30,33H,1H3,(H,36,42)/t29-,30+,33+,35+/m1/s1. The number of nitro groups is 1. The summed E-state index contributed by atoms with van der Waals surface area (Å²) in [5.41, 5.74) is 1.12. The molecule has 4 atom stereocenters. The third-order valence-electron chi connectivity index (χ3n) is 8.86. The van der Waals surface area contributed by atoms with Crippen LogP contribution in [0.2, 0.25) is 0 Å². The maximum Gasteiger partial charge on any atom is 0.308 e. The highest BCUT2D eigenvalue weighted by Crippen LogP contribution is 2.62. The van der Waals surface area contributed by atoms with Gasteiger partial charge in [-0.25, -0.2) is 0 Å². The Morgan fingerprint density at radius 3 is 2.38 bits per heavy atom. The van der Waals surface area contributed by atoms with Crippen LogP contribution in [0.1, 0.15) is 50.4 Å². The fraction of sp³-hybridized carbons (Fsp3) is 0.143. The van der Waals surface area contributed by atoms with Crippen LogP contribution in [0.3, 0.4) is 0 Å². The summed E-state index contributed by atoms with van der Waals surface area (Å²) in [6.45, 7) is 1.27. The third kappa shape index (κ3) is 4.17. The molecule has 1 fully saturated rings. The molecule has 0 aliphatic carbocycles. The molecule has 7 rings (SSSR count). The minimum Gasteiger partial charge on any atom is -0.427 e. The van der Waals surface area contributed by atoms with Gasteiger partial charge in [-0.3, -0.25) is 29.3 Å². The maximum absolute atomic E-state index is 14.9. The van der Waals surface area contributed by atoms with E-state index in [2.05, 4.69) is 5.32 Å². The number of Topliss-reactive ketones (excluding diaryl/α,β-unsaturated/α-hetero) is 2. The van der Waals surface area contributed by atoms with Gasteiger partial charge < -0.3 is 15.0 Å². The van der Waals surface area contributed by atoms with Crippen LogP contribution in [0.5, 0.6) is 5.75 Å². The first-order valence-electron chi connectivity index (χ1n) is 14.3. The minimum absolute atomic E-state index is 0.0193. The number of anilines is 1. The number of ketones is 2. The van der Waals surface area contributed by atoms with Crippen molar-refractivity contribution in [3.05, 3.63) is 141 Å². The minimum atomic E-state index is -1.57. The van der Waals surface area contributed by atoms with E-state index in [9.17, 15) is 29.3 Å². The molecular weight excluding hydrogens is 574 g/mol. The highest BCUT2D eigenvalue weighted by atomic mass is 16.6. The van der Waals surface area contributed by atoms with Crippen LogP contribution in [0.4, 0.5) is 11.4 Å². The van der Waals surface area contributed by atoms with Gasteiger partial charge >= 0.3 is 5.97 Å². The SMILES string of the molecule is CC(=O)Oc1ccc(C(=O)[C@@H]2[C@H](C(=O)c3cccc([N+](=O)[O-])c3)[C@]3(C(=O)Nc4ccccc43)[C@@H]3c4ccccc4C=CN23)cc1. The number of hydrogen-bond donors (Lipinski definition) is 1. The molecule has 1 spiro atoms. The smallest absolute Gasteiger partial charge is 0.308 e. The van der Waals surface area contributed by atoms with Crippen molar-refractivity contribution in [3.63, 3.8) is 0 Å². The number of fused-ring (bicyclic) bond motifs is 6. The molecule has 1 amide bonds. The maximum atomic E-state index is 14.9. The second kappa shape index (κ2) is 10.4. The Bertz CT molecular complexity index is 1970. The molecule has 0 aromatic heterocycles. The van der Waals surface area contributed by atoms with Crippen LogP contribution in [0, 0.1) is 16.0 Å². The van der Waals surface area contributed by atoms with Crippen LogP contribution < -0.4 is 10.1 Å². The number of hydrogen-bond acceptors (Lipinski definition) is 8. The average molecular weight is 600 g/mol. The van der Waals surface area contributed by atoms with E-state index in [1.165, 1.54) is 55.5 Å². The zero-order valence-corrected chi connectivity index (χ0v) is 23.9. The molecule has 4 aromatic rings. The Kier molecular flexibility index (Phi) is 6.43. The van der Waals surface area contributed by atoms with E-state index in [-0.39, 0.29) is 22.6 Å². The summed E-state index contributed by atoms with van der Waals surface area (Å²) in [5.74, 6) is -2.99. The molecule has 1 N–H and O–H groups in total. The Labute approximate surface area is 257 Å². The zero-order chi connectivity index (χ0) is 31.5. The quantitative estimate of drug-likeness (QED) is 0.101. The van der Waals surface area contributed by atoms with E-state index in [1.807, 2.05) is 30.3 Å². The number of carbonyl (C=O) groups excluding carboxylic acids is 4. The molecule has 1 saturated heterocycles. The summed E-state index contributed by atoms with van der Waals surface area (Å²) < 4.78 is 5.14. The first kappa shape index (κ1) is 27.9. The number of nitrogens with one attached hydrogen (secondary N) is 1. The molecule has 222 valence electrons. The number of nitrogens with zero attached hydrogens (tertiary/aromatic N) is 2. The molecule has 0 radical (unpaired) electrons. The number of rotatable bonds is 6. The lowest BCUT2D eigenvalue weighted by molar-refractivity contribution is -0.384. The van der Waals surface area contributed by atoms with Gasteiger partial charge in [0.2, 0.25) is 5.91 Å². The molecule has 0 unspecified atom stereocenters. The number of para-hydroxylation sites is 1. The number of esters is 1. The van der Waals surface area contributed by atoms with Crippen molar-refractivity contribution in [2.75, 3.05) is 5.32 Å². The predicted octanol–water partition coefficient (Wildman–Crippen LogP) is 5.50. The van der Waals surface area contributed by atoms with Crippen molar-refractivity contribution in [3.8, 4) is 5.75 Å². The summed E-state index contributed by atoms with van der Waals surface area (Å²) in [6, 6.07) is 24.1. The predicted molar refractivity (Wildman–Crippen MR) is 164 cm³/mol. The van der Waals surface area contributed by atoms with Crippen LogP contribution in [-0.4, -0.2) is 39.3 Å². The Morgan fingerprint density at radius 1 is 0.889 bits per heavy atom. The highest BCUT2D eigenvalue weighted by Gasteiger charge is 2.70. The van der Waals surface area contributed by atoms with Gasteiger partial charge in [0.15, 0.2) is 11.6 Å². The Hall–Kier alpha value is -5.90. The fourth-order valence-electron chi connectivity index (χ4n) is 7.14. The Morgan fingerprint density at radius 2 is 1.62 bits per heavy atom. The average Bonchev–Trinajstić information content (AvgIpc) is 3.52. The molecule has 10 nitrogen and oxygen atoms in total. The van der Waals surface area contributed by atoms with E-state index in [1.54, 1.807) is 35.4 Å². The molecular formula is C35H25N3O7. The van der Waals surface area contributed by atoms with Crippen LogP contribution in [-0.2, 0) is 15.0 Å². The molecule has 0 bridgehead atoms. The highest BCUT2D eigenvalue weighted by molar-refractivity contribution is 6.16. The number of amides is 1. The van der Waals surface area contributed by atoms with Crippen molar-refractivity contribution in [2.24, 2.45) is 5.92 Å². The van der Waals surface area contributed by atoms with Crippen molar-refractivity contribution in [1.82, 2.24) is 4.90 Å². The van der Waals surface area contributed by atoms with E-state index < -0.39 is 51.8 Å². The molecule has 10 heteroatoms. The van der Waals surface area contributed by atoms with Crippen molar-refractivity contribution < 1.29 is 28.8 Å². The molecule has 0 saturated carbocycles. The normalized spacial score (nSPS) is 22.3. The van der Waals surface area contributed by atoms with Gasteiger partial charge in [0.05, 0.1) is 16.9 Å². The molecule has 3 aliphatic rings. The summed E-state index contributed by atoms with van der Waals surface area (Å²) in [5, 5.41) is 14.7. The molecule has 4 aromatic carbocycles. The van der Waals surface area contributed by atoms with Gasteiger partial charge in [-0.1, -0.05) is 54.6 Å². The summed E-state index contributed by atoms with van der Waals surface area (Å²) in [4.78, 5) is 68.4. The largest absolute Gasteiger partial charge is 0.427 e. The van der Waals surface area contributed by atoms with E-state index in [0.717, 1.165) is 11.1 Å². The lowest BCUT2D eigenvalue weighted by Crippen LogP contribution is -2.49. The molecule has 3 heterocycles. The van der Waals surface area contributed by atoms with E-state index in [0.29, 0.717) is 11.3 Å². The molecule has 3 aliphatic heterocycles. The number of non-ortho nitro benzene ring substituents is 1. The third-order valence-corrected chi connectivity index (χ3v) is 8.86. The van der Waals surface area contributed by atoms with Gasteiger partial charge in [0.25, 0.3) is 5.69 Å². The second-order valence-corrected chi connectivity index (χ2v) is 11.2. The number of nitro benzene ring substituents is 1. The second-order valence-electron chi connectivity index (χ2n) is 11.2. The summed E-state index contributed by atoms with van der Waals surface area (Å²) in [6.07, 6.45) is 3.60. The number of benzene rings is 4. The molecule has 45 heavy (non-hydrogen) atoms. The van der Waals surface area contributed by atoms with Crippen LogP contribution in [0.25, 0.3) is 6.08 Å². The first-order valence-corrected chi connectivity index (χ1v) is 14.3. The van der Waals surface area contributed by atoms with Gasteiger partial charge in [-0.2, -0.15) is 0 Å².